The SMILES string of the molecule is Cc1ccc2c(c1)CCCN2C(=O)NCCC(=O)O. The second-order valence-corrected chi connectivity index (χ2v) is 4.76. The summed E-state index contributed by atoms with van der Waals surface area (Å²) in [6.07, 6.45) is 1.86. The van der Waals surface area contributed by atoms with Crippen LogP contribution in [-0.2, 0) is 11.2 Å². The molecule has 1 aliphatic heterocycles. The number of urea groups is 1. The number of nitrogens with zero attached hydrogens (tertiary/aromatic N) is 1. The molecule has 0 saturated carbocycles. The van der Waals surface area contributed by atoms with Crippen molar-refractivity contribution in [3.05, 3.63) is 29.3 Å². The van der Waals surface area contributed by atoms with Gasteiger partial charge in [0.2, 0.25) is 0 Å². The van der Waals surface area contributed by atoms with E-state index in [4.69, 9.17) is 5.11 Å². The van der Waals surface area contributed by atoms with Gasteiger partial charge in [-0.1, -0.05) is 17.7 Å². The molecule has 0 aliphatic carbocycles. The van der Waals surface area contributed by atoms with Gasteiger partial charge in [-0.2, -0.15) is 0 Å². The first kappa shape index (κ1) is 13.4. The van der Waals surface area contributed by atoms with Crippen molar-refractivity contribution in [3.8, 4) is 0 Å². The van der Waals surface area contributed by atoms with Crippen molar-refractivity contribution in [2.75, 3.05) is 18.0 Å². The van der Waals surface area contributed by atoms with Crippen LogP contribution in [0, 0.1) is 6.92 Å². The maximum Gasteiger partial charge on any atom is 0.321 e. The Morgan fingerprint density at radius 1 is 1.42 bits per heavy atom. The van der Waals surface area contributed by atoms with Gasteiger partial charge in [-0.3, -0.25) is 9.69 Å². The molecule has 5 nitrogen and oxygen atoms in total. The molecule has 0 spiro atoms. The molecule has 19 heavy (non-hydrogen) atoms. The highest BCUT2D eigenvalue weighted by atomic mass is 16.4. The van der Waals surface area contributed by atoms with Gasteiger partial charge in [0.25, 0.3) is 0 Å². The fraction of sp³-hybridized carbons (Fsp3) is 0.429. The molecule has 102 valence electrons. The largest absolute Gasteiger partial charge is 0.481 e. The van der Waals surface area contributed by atoms with Gasteiger partial charge in [0, 0.05) is 18.8 Å². The highest BCUT2D eigenvalue weighted by Crippen LogP contribution is 2.27. The standard InChI is InChI=1S/C14H18N2O3/c1-10-4-5-12-11(9-10)3-2-8-16(12)14(19)15-7-6-13(17)18/h4-5,9H,2-3,6-8H2,1H3,(H,15,19)(H,17,18). The molecule has 0 radical (unpaired) electrons. The molecule has 2 amide bonds. The van der Waals surface area contributed by atoms with Crippen LogP contribution in [0.2, 0.25) is 0 Å². The molecule has 0 bridgehead atoms. The molecule has 0 atom stereocenters. The van der Waals surface area contributed by atoms with E-state index >= 15 is 0 Å². The van der Waals surface area contributed by atoms with E-state index < -0.39 is 5.97 Å². The number of hydrogen-bond donors (Lipinski definition) is 2. The third-order valence-electron chi connectivity index (χ3n) is 3.21. The Morgan fingerprint density at radius 2 is 2.21 bits per heavy atom. The van der Waals surface area contributed by atoms with Gasteiger partial charge in [0.15, 0.2) is 0 Å². The van der Waals surface area contributed by atoms with Crippen molar-refractivity contribution >= 4 is 17.7 Å². The summed E-state index contributed by atoms with van der Waals surface area (Å²) < 4.78 is 0. The van der Waals surface area contributed by atoms with Crippen molar-refractivity contribution in [3.63, 3.8) is 0 Å². The number of aliphatic carboxylic acids is 1. The van der Waals surface area contributed by atoms with Crippen molar-refractivity contribution in [1.29, 1.82) is 0 Å². The number of benzene rings is 1. The van der Waals surface area contributed by atoms with Crippen LogP contribution in [-0.4, -0.2) is 30.2 Å². The van der Waals surface area contributed by atoms with Crippen molar-refractivity contribution in [2.24, 2.45) is 0 Å². The van der Waals surface area contributed by atoms with E-state index in [9.17, 15) is 9.59 Å². The van der Waals surface area contributed by atoms with Gasteiger partial charge < -0.3 is 10.4 Å². The minimum atomic E-state index is -0.907. The zero-order valence-electron chi connectivity index (χ0n) is 11.0. The second-order valence-electron chi connectivity index (χ2n) is 4.76. The fourth-order valence-corrected chi connectivity index (χ4v) is 2.31. The highest BCUT2D eigenvalue weighted by molar-refractivity contribution is 5.93. The number of carboxylic acids is 1. The van der Waals surface area contributed by atoms with Crippen LogP contribution in [0.4, 0.5) is 10.5 Å². The van der Waals surface area contributed by atoms with E-state index in [2.05, 4.69) is 11.4 Å². The minimum Gasteiger partial charge on any atom is -0.481 e. The molecule has 1 aromatic carbocycles. The highest BCUT2D eigenvalue weighted by Gasteiger charge is 2.22. The van der Waals surface area contributed by atoms with E-state index in [1.807, 2.05) is 19.1 Å². The summed E-state index contributed by atoms with van der Waals surface area (Å²) in [4.78, 5) is 24.2. The number of anilines is 1. The maximum atomic E-state index is 12.0. The van der Waals surface area contributed by atoms with Gasteiger partial charge in [-0.05, 0) is 31.4 Å². The summed E-state index contributed by atoms with van der Waals surface area (Å²) >= 11 is 0. The van der Waals surface area contributed by atoms with E-state index in [1.165, 1.54) is 11.1 Å². The van der Waals surface area contributed by atoms with Crippen LogP contribution in [0.1, 0.15) is 24.0 Å². The Kier molecular flexibility index (Phi) is 4.04. The quantitative estimate of drug-likeness (QED) is 0.874. The third kappa shape index (κ3) is 3.24. The Hall–Kier alpha value is -2.04. The van der Waals surface area contributed by atoms with Gasteiger partial charge in [0.05, 0.1) is 6.42 Å². The fourth-order valence-electron chi connectivity index (χ4n) is 2.31. The van der Waals surface area contributed by atoms with E-state index in [-0.39, 0.29) is 19.0 Å². The topological polar surface area (TPSA) is 69.6 Å². The summed E-state index contributed by atoms with van der Waals surface area (Å²) in [6.45, 7) is 2.87. The molecular formula is C14H18N2O3. The van der Waals surface area contributed by atoms with Crippen LogP contribution in [0.5, 0.6) is 0 Å². The maximum absolute atomic E-state index is 12.0. The lowest BCUT2D eigenvalue weighted by molar-refractivity contribution is -0.136. The second kappa shape index (κ2) is 5.73. The van der Waals surface area contributed by atoms with Gasteiger partial charge in [0.1, 0.15) is 0 Å². The summed E-state index contributed by atoms with van der Waals surface area (Å²) in [5, 5.41) is 11.2. The van der Waals surface area contributed by atoms with Gasteiger partial charge in [-0.25, -0.2) is 4.79 Å². The molecule has 1 aliphatic rings. The van der Waals surface area contributed by atoms with Crippen molar-refractivity contribution in [2.45, 2.75) is 26.2 Å². The molecule has 2 rings (SSSR count). The van der Waals surface area contributed by atoms with Crippen molar-refractivity contribution in [1.82, 2.24) is 5.32 Å². The molecule has 1 aromatic rings. The summed E-state index contributed by atoms with van der Waals surface area (Å²) in [6, 6.07) is 5.83. The molecular weight excluding hydrogens is 244 g/mol. The average molecular weight is 262 g/mol. The lowest BCUT2D eigenvalue weighted by atomic mass is 10.00. The minimum absolute atomic E-state index is 0.0552. The zero-order chi connectivity index (χ0) is 13.8. The molecule has 5 heteroatoms. The number of fused-ring (bicyclic) bond motifs is 1. The number of carboxylic acid groups (broad SMARTS) is 1. The Labute approximate surface area is 112 Å². The summed E-state index contributed by atoms with van der Waals surface area (Å²) in [7, 11) is 0. The molecule has 1 heterocycles. The predicted octanol–water partition coefficient (Wildman–Crippen LogP) is 1.93. The number of hydrogen-bond acceptors (Lipinski definition) is 2. The number of carbonyl (C=O) groups excluding carboxylic acids is 1. The van der Waals surface area contributed by atoms with Crippen LogP contribution in [0.3, 0.4) is 0 Å². The number of carbonyl (C=O) groups is 2. The average Bonchev–Trinajstić information content (AvgIpc) is 2.37. The first-order valence-corrected chi connectivity index (χ1v) is 6.44. The summed E-state index contributed by atoms with van der Waals surface area (Å²) in [5.74, 6) is -0.907. The normalized spacial score (nSPS) is 13.8. The molecule has 0 unspecified atom stereocenters. The van der Waals surface area contributed by atoms with Crippen LogP contribution < -0.4 is 10.2 Å². The molecule has 2 N–H and O–H groups in total. The number of nitrogens with one attached hydrogen (secondary N) is 1. The molecule has 0 fully saturated rings. The molecule has 0 aromatic heterocycles. The van der Waals surface area contributed by atoms with Crippen LogP contribution >= 0.6 is 0 Å². The van der Waals surface area contributed by atoms with Gasteiger partial charge >= 0.3 is 12.0 Å². The lowest BCUT2D eigenvalue weighted by Crippen LogP contribution is -2.43. The smallest absolute Gasteiger partial charge is 0.321 e. The summed E-state index contributed by atoms with van der Waals surface area (Å²) in [5.41, 5.74) is 3.30. The number of aryl methyl sites for hydroxylation is 2. The monoisotopic (exact) mass is 262 g/mol. The third-order valence-corrected chi connectivity index (χ3v) is 3.21. The first-order chi connectivity index (χ1) is 9.08. The van der Waals surface area contributed by atoms with Gasteiger partial charge in [-0.15, -0.1) is 0 Å². The van der Waals surface area contributed by atoms with E-state index in [0.29, 0.717) is 6.54 Å². The predicted molar refractivity (Wildman–Crippen MR) is 72.5 cm³/mol. The van der Waals surface area contributed by atoms with Crippen LogP contribution in [0.25, 0.3) is 0 Å². The Morgan fingerprint density at radius 3 is 2.95 bits per heavy atom. The zero-order valence-corrected chi connectivity index (χ0v) is 11.0. The van der Waals surface area contributed by atoms with Crippen LogP contribution in [0.15, 0.2) is 18.2 Å². The van der Waals surface area contributed by atoms with E-state index in [0.717, 1.165) is 18.5 Å². The Bertz CT molecular complexity index is 499. The number of amides is 2. The molecule has 0 saturated heterocycles. The van der Waals surface area contributed by atoms with Crippen molar-refractivity contribution < 1.29 is 14.7 Å². The Balaban J connectivity index is 2.06. The lowest BCUT2D eigenvalue weighted by Gasteiger charge is -2.29. The number of rotatable bonds is 3. The van der Waals surface area contributed by atoms with E-state index in [1.54, 1.807) is 4.90 Å². The first-order valence-electron chi connectivity index (χ1n) is 6.44.